The van der Waals surface area contributed by atoms with Gasteiger partial charge in [-0.05, 0) is 18.6 Å². The Morgan fingerprint density at radius 2 is 1.88 bits per heavy atom. The highest BCUT2D eigenvalue weighted by Crippen LogP contribution is 2.33. The molecule has 1 aliphatic rings. The lowest BCUT2D eigenvalue weighted by atomic mass is 10.0. The molecule has 0 radical (unpaired) electrons. The third kappa shape index (κ3) is 2.19. The van der Waals surface area contributed by atoms with Gasteiger partial charge < -0.3 is 15.2 Å². The van der Waals surface area contributed by atoms with Crippen molar-refractivity contribution in [3.8, 4) is 0 Å². The molecule has 2 rings (SSSR count). The smallest absolute Gasteiger partial charge is 0.207 e. The van der Waals surface area contributed by atoms with Gasteiger partial charge in [0.1, 0.15) is 0 Å². The molecular formula is C11H13Cl2NO2. The molecule has 0 unspecified atom stereocenters. The summed E-state index contributed by atoms with van der Waals surface area (Å²) in [6.45, 7) is 1.53. The molecule has 5 heteroatoms. The Morgan fingerprint density at radius 1 is 1.19 bits per heavy atom. The third-order valence-corrected chi connectivity index (χ3v) is 3.33. The summed E-state index contributed by atoms with van der Waals surface area (Å²) in [6.07, 6.45) is 0.878. The summed E-state index contributed by atoms with van der Waals surface area (Å²) < 4.78 is 11.3. The molecule has 1 saturated heterocycles. The van der Waals surface area contributed by atoms with Crippen LogP contribution in [0.4, 0.5) is 0 Å². The SMILES string of the molecule is NCC1(c2ccc(Cl)c(Cl)c2)OCCCO1. The number of hydrogen-bond acceptors (Lipinski definition) is 3. The van der Waals surface area contributed by atoms with Crippen LogP contribution in [-0.4, -0.2) is 19.8 Å². The minimum atomic E-state index is -0.869. The van der Waals surface area contributed by atoms with E-state index in [1.807, 2.05) is 6.07 Å². The Balaban J connectivity index is 2.35. The molecular weight excluding hydrogens is 249 g/mol. The molecule has 1 aromatic rings. The lowest BCUT2D eigenvalue weighted by Gasteiger charge is -2.36. The maximum Gasteiger partial charge on any atom is 0.207 e. The van der Waals surface area contributed by atoms with Crippen LogP contribution in [0.25, 0.3) is 0 Å². The van der Waals surface area contributed by atoms with E-state index in [1.54, 1.807) is 12.1 Å². The van der Waals surface area contributed by atoms with E-state index in [4.69, 9.17) is 38.4 Å². The Kier molecular flexibility index (Phi) is 3.72. The van der Waals surface area contributed by atoms with Gasteiger partial charge in [0.2, 0.25) is 5.79 Å². The molecule has 88 valence electrons. The van der Waals surface area contributed by atoms with Crippen molar-refractivity contribution in [1.82, 2.24) is 0 Å². The second-order valence-corrected chi connectivity index (χ2v) is 4.45. The van der Waals surface area contributed by atoms with E-state index < -0.39 is 5.79 Å². The molecule has 0 atom stereocenters. The number of benzene rings is 1. The largest absolute Gasteiger partial charge is 0.345 e. The summed E-state index contributed by atoms with van der Waals surface area (Å²) in [5.41, 5.74) is 6.54. The van der Waals surface area contributed by atoms with E-state index in [0.717, 1.165) is 12.0 Å². The van der Waals surface area contributed by atoms with Crippen molar-refractivity contribution in [2.75, 3.05) is 19.8 Å². The summed E-state index contributed by atoms with van der Waals surface area (Å²) >= 11 is 11.8. The normalized spacial score (nSPS) is 19.7. The van der Waals surface area contributed by atoms with E-state index in [2.05, 4.69) is 0 Å². The van der Waals surface area contributed by atoms with Crippen LogP contribution in [0.3, 0.4) is 0 Å². The van der Waals surface area contributed by atoms with Gasteiger partial charge in [0.25, 0.3) is 0 Å². The summed E-state index contributed by atoms with van der Waals surface area (Å²) in [7, 11) is 0. The number of hydrogen-bond donors (Lipinski definition) is 1. The van der Waals surface area contributed by atoms with Gasteiger partial charge in [-0.25, -0.2) is 0 Å². The van der Waals surface area contributed by atoms with Gasteiger partial charge in [-0.2, -0.15) is 0 Å². The Labute approximate surface area is 104 Å². The van der Waals surface area contributed by atoms with E-state index in [1.165, 1.54) is 0 Å². The fourth-order valence-electron chi connectivity index (χ4n) is 1.71. The minimum Gasteiger partial charge on any atom is -0.345 e. The Bertz CT molecular complexity index is 378. The van der Waals surface area contributed by atoms with Crippen molar-refractivity contribution < 1.29 is 9.47 Å². The quantitative estimate of drug-likeness (QED) is 0.890. The van der Waals surface area contributed by atoms with Crippen molar-refractivity contribution in [2.24, 2.45) is 5.73 Å². The Hall–Kier alpha value is -0.320. The molecule has 0 aliphatic carbocycles. The first-order chi connectivity index (χ1) is 7.68. The van der Waals surface area contributed by atoms with Crippen LogP contribution in [0.15, 0.2) is 18.2 Å². The zero-order valence-corrected chi connectivity index (χ0v) is 10.2. The number of ether oxygens (including phenoxy) is 2. The highest BCUT2D eigenvalue weighted by atomic mass is 35.5. The summed E-state index contributed by atoms with van der Waals surface area (Å²) in [4.78, 5) is 0. The van der Waals surface area contributed by atoms with Crippen LogP contribution in [0.5, 0.6) is 0 Å². The first kappa shape index (κ1) is 12.1. The fraction of sp³-hybridized carbons (Fsp3) is 0.455. The standard InChI is InChI=1S/C11H13Cl2NO2/c12-9-3-2-8(6-10(9)13)11(7-14)15-4-1-5-16-11/h2-3,6H,1,4-5,7,14H2. The van der Waals surface area contributed by atoms with E-state index in [-0.39, 0.29) is 6.54 Å². The van der Waals surface area contributed by atoms with Gasteiger partial charge >= 0.3 is 0 Å². The predicted molar refractivity (Wildman–Crippen MR) is 63.7 cm³/mol. The summed E-state index contributed by atoms with van der Waals surface area (Å²) in [6, 6.07) is 5.28. The number of rotatable bonds is 2. The monoisotopic (exact) mass is 261 g/mol. The van der Waals surface area contributed by atoms with Crippen LogP contribution in [0.2, 0.25) is 10.0 Å². The zero-order valence-electron chi connectivity index (χ0n) is 8.71. The van der Waals surface area contributed by atoms with E-state index >= 15 is 0 Å². The topological polar surface area (TPSA) is 44.5 Å². The highest BCUT2D eigenvalue weighted by molar-refractivity contribution is 6.42. The predicted octanol–water partition coefficient (Wildman–Crippen LogP) is 2.54. The molecule has 3 nitrogen and oxygen atoms in total. The molecule has 1 aliphatic heterocycles. The second-order valence-electron chi connectivity index (χ2n) is 3.64. The fourth-order valence-corrected chi connectivity index (χ4v) is 2.01. The molecule has 1 fully saturated rings. The molecule has 0 aromatic heterocycles. The van der Waals surface area contributed by atoms with Gasteiger partial charge in [0, 0.05) is 5.56 Å². The molecule has 0 spiro atoms. The first-order valence-electron chi connectivity index (χ1n) is 5.11. The van der Waals surface area contributed by atoms with Crippen LogP contribution in [0.1, 0.15) is 12.0 Å². The summed E-state index contributed by atoms with van der Waals surface area (Å²) in [5.74, 6) is -0.869. The van der Waals surface area contributed by atoms with Crippen LogP contribution in [0, 0.1) is 0 Å². The van der Waals surface area contributed by atoms with Crippen molar-refractivity contribution in [3.05, 3.63) is 33.8 Å². The third-order valence-electron chi connectivity index (χ3n) is 2.59. The Morgan fingerprint density at radius 3 is 2.44 bits per heavy atom. The van der Waals surface area contributed by atoms with Crippen molar-refractivity contribution in [2.45, 2.75) is 12.2 Å². The average Bonchev–Trinajstić information content (AvgIpc) is 2.33. The maximum absolute atomic E-state index is 5.97. The lowest BCUT2D eigenvalue weighted by Crippen LogP contribution is -2.44. The van der Waals surface area contributed by atoms with Crippen molar-refractivity contribution in [1.29, 1.82) is 0 Å². The molecule has 0 bridgehead atoms. The number of nitrogens with two attached hydrogens (primary N) is 1. The van der Waals surface area contributed by atoms with Gasteiger partial charge in [-0.15, -0.1) is 0 Å². The summed E-state index contributed by atoms with van der Waals surface area (Å²) in [5, 5.41) is 0.984. The molecule has 16 heavy (non-hydrogen) atoms. The van der Waals surface area contributed by atoms with E-state index in [9.17, 15) is 0 Å². The van der Waals surface area contributed by atoms with Gasteiger partial charge in [0.05, 0.1) is 29.8 Å². The first-order valence-corrected chi connectivity index (χ1v) is 5.87. The molecule has 0 saturated carbocycles. The van der Waals surface area contributed by atoms with Crippen LogP contribution in [-0.2, 0) is 15.3 Å². The average molecular weight is 262 g/mol. The molecule has 0 amide bonds. The van der Waals surface area contributed by atoms with E-state index in [0.29, 0.717) is 23.3 Å². The second kappa shape index (κ2) is 4.90. The zero-order chi connectivity index (χ0) is 11.6. The lowest BCUT2D eigenvalue weighted by molar-refractivity contribution is -0.269. The van der Waals surface area contributed by atoms with Crippen molar-refractivity contribution in [3.63, 3.8) is 0 Å². The van der Waals surface area contributed by atoms with Gasteiger partial charge in [-0.1, -0.05) is 29.3 Å². The van der Waals surface area contributed by atoms with Crippen LogP contribution < -0.4 is 5.73 Å². The molecule has 1 aromatic carbocycles. The van der Waals surface area contributed by atoms with Gasteiger partial charge in [0.15, 0.2) is 0 Å². The highest BCUT2D eigenvalue weighted by Gasteiger charge is 2.35. The molecule has 1 heterocycles. The maximum atomic E-state index is 5.97. The van der Waals surface area contributed by atoms with Gasteiger partial charge in [-0.3, -0.25) is 0 Å². The molecule has 2 N–H and O–H groups in total. The van der Waals surface area contributed by atoms with Crippen LogP contribution >= 0.6 is 23.2 Å². The minimum absolute atomic E-state index is 0.255. The number of halogens is 2. The van der Waals surface area contributed by atoms with Crippen molar-refractivity contribution >= 4 is 23.2 Å².